The molecule has 0 amide bonds. The molecule has 0 radical (unpaired) electrons. The van der Waals surface area contributed by atoms with E-state index in [2.05, 4.69) is 45.0 Å². The molecule has 0 heteroatoms. The van der Waals surface area contributed by atoms with Crippen molar-refractivity contribution in [3.05, 3.63) is 35.4 Å². The molecule has 0 nitrogen and oxygen atoms in total. The van der Waals surface area contributed by atoms with Crippen LogP contribution in [0.5, 0.6) is 0 Å². The fourth-order valence-corrected chi connectivity index (χ4v) is 5.75. The van der Waals surface area contributed by atoms with Gasteiger partial charge in [-0.3, -0.25) is 0 Å². The molecule has 0 aromatic heterocycles. The van der Waals surface area contributed by atoms with Crippen molar-refractivity contribution in [1.29, 1.82) is 0 Å². The van der Waals surface area contributed by atoms with Crippen molar-refractivity contribution >= 4 is 0 Å². The molecule has 0 heterocycles. The van der Waals surface area contributed by atoms with Gasteiger partial charge in [-0.1, -0.05) is 84.6 Å². The lowest BCUT2D eigenvalue weighted by atomic mass is 9.68. The lowest BCUT2D eigenvalue weighted by molar-refractivity contribution is 0.156. The Morgan fingerprint density at radius 1 is 0.815 bits per heavy atom. The summed E-state index contributed by atoms with van der Waals surface area (Å²) in [6.45, 7) is 7.02. The summed E-state index contributed by atoms with van der Waals surface area (Å²) in [5, 5.41) is 0. The summed E-state index contributed by atoms with van der Waals surface area (Å²) in [7, 11) is 0. The third-order valence-corrected chi connectivity index (χ3v) is 7.76. The molecule has 154 valence electrons. The average Bonchev–Trinajstić information content (AvgIpc) is 2.69. The molecule has 3 rings (SSSR count). The number of hydrogen-bond donors (Lipinski definition) is 0. The van der Waals surface area contributed by atoms with Crippen molar-refractivity contribution in [1.82, 2.24) is 0 Å². The molecule has 0 spiro atoms. The van der Waals surface area contributed by atoms with E-state index in [1.807, 2.05) is 0 Å². The molecule has 1 aromatic rings. The second-order valence-electron chi connectivity index (χ2n) is 9.64. The first-order valence-corrected chi connectivity index (χ1v) is 11.8. The minimum atomic E-state index is 0. The Hall–Kier alpha value is -0.780. The zero-order valence-corrected chi connectivity index (χ0v) is 17.7. The van der Waals surface area contributed by atoms with Crippen molar-refractivity contribution in [2.75, 3.05) is 0 Å². The first-order chi connectivity index (χ1) is 12.7. The predicted octanol–water partition coefficient (Wildman–Crippen LogP) is 8.79. The van der Waals surface area contributed by atoms with Crippen LogP contribution in [0.25, 0.3) is 0 Å². The zero-order chi connectivity index (χ0) is 18.4. The maximum absolute atomic E-state index is 2.44. The maximum Gasteiger partial charge on any atom is -0.0162 e. The molecule has 1 aromatic carbocycles. The highest BCUT2D eigenvalue weighted by atomic mass is 14.4. The van der Waals surface area contributed by atoms with E-state index in [-0.39, 0.29) is 7.43 Å². The highest BCUT2D eigenvalue weighted by Crippen LogP contribution is 2.44. The van der Waals surface area contributed by atoms with E-state index in [0.717, 1.165) is 29.6 Å². The molecule has 0 aliphatic heterocycles. The molecule has 0 bridgehead atoms. The minimum absolute atomic E-state index is 0. The first kappa shape index (κ1) is 22.5. The second kappa shape index (κ2) is 11.3. The van der Waals surface area contributed by atoms with E-state index >= 15 is 0 Å². The molecule has 2 saturated carbocycles. The van der Waals surface area contributed by atoms with Gasteiger partial charge in [0.15, 0.2) is 0 Å². The van der Waals surface area contributed by atoms with E-state index in [0.29, 0.717) is 0 Å². The normalized spacial score (nSPS) is 29.7. The fraction of sp³-hybridized carbons (Fsp3) is 0.778. The summed E-state index contributed by atoms with van der Waals surface area (Å²) in [5.74, 6) is 4.80. The molecule has 0 N–H and O–H groups in total. The van der Waals surface area contributed by atoms with Crippen molar-refractivity contribution in [3.8, 4) is 0 Å². The van der Waals surface area contributed by atoms with E-state index in [1.165, 1.54) is 82.6 Å². The zero-order valence-electron chi connectivity index (χ0n) is 17.7. The third kappa shape index (κ3) is 6.37. The van der Waals surface area contributed by atoms with Gasteiger partial charge in [0.25, 0.3) is 0 Å². The van der Waals surface area contributed by atoms with Gasteiger partial charge in [-0.15, -0.1) is 0 Å². The van der Waals surface area contributed by atoms with Crippen LogP contribution in [0.3, 0.4) is 0 Å². The smallest absolute Gasteiger partial charge is 0.0162 e. The van der Waals surface area contributed by atoms with Gasteiger partial charge < -0.3 is 0 Å². The van der Waals surface area contributed by atoms with Gasteiger partial charge in [-0.2, -0.15) is 0 Å². The van der Waals surface area contributed by atoms with Crippen LogP contribution >= 0.6 is 0 Å². The quantitative estimate of drug-likeness (QED) is 0.450. The van der Waals surface area contributed by atoms with Gasteiger partial charge in [-0.05, 0) is 85.7 Å². The molecule has 2 aliphatic rings. The number of rotatable bonds is 7. The van der Waals surface area contributed by atoms with Gasteiger partial charge in [-0.25, -0.2) is 0 Å². The van der Waals surface area contributed by atoms with E-state index in [4.69, 9.17) is 0 Å². The molecule has 2 aliphatic carbocycles. The highest BCUT2D eigenvalue weighted by Gasteiger charge is 2.31. The van der Waals surface area contributed by atoms with Crippen LogP contribution in [0.1, 0.15) is 116 Å². The molecule has 1 unspecified atom stereocenters. The van der Waals surface area contributed by atoms with Crippen molar-refractivity contribution in [3.63, 3.8) is 0 Å². The van der Waals surface area contributed by atoms with Crippen molar-refractivity contribution < 1.29 is 0 Å². The predicted molar refractivity (Wildman–Crippen MR) is 121 cm³/mol. The van der Waals surface area contributed by atoms with Crippen molar-refractivity contribution in [2.45, 2.75) is 111 Å². The van der Waals surface area contributed by atoms with Gasteiger partial charge >= 0.3 is 0 Å². The van der Waals surface area contributed by atoms with Gasteiger partial charge in [0.05, 0.1) is 0 Å². The minimum Gasteiger partial charge on any atom is -0.0776 e. The summed E-state index contributed by atoms with van der Waals surface area (Å²) < 4.78 is 0. The topological polar surface area (TPSA) is 0 Å². The van der Waals surface area contributed by atoms with Gasteiger partial charge in [0.1, 0.15) is 0 Å². The van der Waals surface area contributed by atoms with Crippen LogP contribution in [-0.2, 0) is 6.42 Å². The molecular formula is C27H46. The second-order valence-corrected chi connectivity index (χ2v) is 9.64. The summed E-state index contributed by atoms with van der Waals surface area (Å²) in [6.07, 6.45) is 17.3. The van der Waals surface area contributed by atoms with E-state index in [1.54, 1.807) is 5.56 Å². The highest BCUT2D eigenvalue weighted by molar-refractivity contribution is 5.26. The number of hydrogen-bond acceptors (Lipinski definition) is 0. The van der Waals surface area contributed by atoms with Crippen LogP contribution in [-0.4, -0.2) is 0 Å². The van der Waals surface area contributed by atoms with Crippen LogP contribution < -0.4 is 0 Å². The van der Waals surface area contributed by atoms with Crippen LogP contribution in [0.15, 0.2) is 24.3 Å². The Morgan fingerprint density at radius 3 is 1.89 bits per heavy atom. The van der Waals surface area contributed by atoms with Gasteiger partial charge in [0, 0.05) is 0 Å². The fourth-order valence-electron chi connectivity index (χ4n) is 5.75. The summed E-state index contributed by atoms with van der Waals surface area (Å²) >= 11 is 0. The Morgan fingerprint density at radius 2 is 1.37 bits per heavy atom. The Bertz CT molecular complexity index is 497. The summed E-state index contributed by atoms with van der Waals surface area (Å²) in [6, 6.07) is 9.70. The Labute approximate surface area is 170 Å². The Balaban J connectivity index is 0.00000261. The van der Waals surface area contributed by atoms with Crippen molar-refractivity contribution in [2.24, 2.45) is 23.7 Å². The molecule has 0 saturated heterocycles. The lowest BCUT2D eigenvalue weighted by Gasteiger charge is -2.38. The third-order valence-electron chi connectivity index (χ3n) is 7.76. The van der Waals surface area contributed by atoms with Crippen LogP contribution in [0.4, 0.5) is 0 Å². The SMILES string of the molecule is C.CCCC1CCC(C2CCC(c3ccc(CC(C)CC)cc3)CC2)CC1. The largest absolute Gasteiger partial charge is 0.0776 e. The monoisotopic (exact) mass is 370 g/mol. The Kier molecular flexibility index (Phi) is 9.40. The average molecular weight is 371 g/mol. The summed E-state index contributed by atoms with van der Waals surface area (Å²) in [4.78, 5) is 0. The van der Waals surface area contributed by atoms with Gasteiger partial charge in [0.2, 0.25) is 0 Å². The molecule has 27 heavy (non-hydrogen) atoms. The maximum atomic E-state index is 2.44. The lowest BCUT2D eigenvalue weighted by Crippen LogP contribution is -2.25. The molecular weight excluding hydrogens is 324 g/mol. The number of benzene rings is 1. The summed E-state index contributed by atoms with van der Waals surface area (Å²) in [5.41, 5.74) is 3.14. The first-order valence-electron chi connectivity index (χ1n) is 11.8. The standard InChI is InChI=1S/C26H42.CH4/c1-4-6-21-7-11-23(12-8-21)25-15-17-26(18-16-25)24-13-9-22(10-14-24)19-20(3)5-2;/h9-10,13-14,20-21,23,25-26H,4-8,11-12,15-19H2,1-3H3;1H4. The van der Waals surface area contributed by atoms with E-state index in [9.17, 15) is 0 Å². The molecule has 1 atom stereocenters. The van der Waals surface area contributed by atoms with Crippen LogP contribution in [0.2, 0.25) is 0 Å². The van der Waals surface area contributed by atoms with Crippen LogP contribution in [0, 0.1) is 23.7 Å². The molecule has 2 fully saturated rings. The van der Waals surface area contributed by atoms with E-state index < -0.39 is 0 Å².